The third kappa shape index (κ3) is 4.21. The highest BCUT2D eigenvalue weighted by Crippen LogP contribution is 2.30. The second kappa shape index (κ2) is 6.72. The van der Waals surface area contributed by atoms with Crippen LogP contribution in [0.2, 0.25) is 0 Å². The molecule has 5 heteroatoms. The molecular formula is C15H22N2O3. The topological polar surface area (TPSA) is 70.6 Å². The molecule has 1 aromatic rings. The van der Waals surface area contributed by atoms with Crippen LogP contribution < -0.4 is 10.6 Å². The summed E-state index contributed by atoms with van der Waals surface area (Å²) in [6.45, 7) is 3.45. The highest BCUT2D eigenvalue weighted by Gasteiger charge is 2.34. The van der Waals surface area contributed by atoms with E-state index in [0.29, 0.717) is 19.8 Å². The molecule has 1 aromatic carbocycles. The zero-order valence-corrected chi connectivity index (χ0v) is 11.8. The second-order valence-electron chi connectivity index (χ2n) is 5.22. The number of carbonyl (C=O) groups excluding carboxylic acids is 1. The number of benzene rings is 1. The molecule has 2 rings (SSSR count). The van der Waals surface area contributed by atoms with Gasteiger partial charge in [0, 0.05) is 18.8 Å². The Kier molecular flexibility index (Phi) is 4.98. The van der Waals surface area contributed by atoms with Gasteiger partial charge in [-0.2, -0.15) is 0 Å². The molecule has 0 heterocycles. The number of amides is 2. The van der Waals surface area contributed by atoms with Crippen molar-refractivity contribution in [1.82, 2.24) is 5.32 Å². The number of carbonyl (C=O) groups is 1. The van der Waals surface area contributed by atoms with Crippen LogP contribution in [0.25, 0.3) is 0 Å². The van der Waals surface area contributed by atoms with Crippen LogP contribution >= 0.6 is 0 Å². The maximum Gasteiger partial charge on any atom is 0.319 e. The lowest BCUT2D eigenvalue weighted by Gasteiger charge is -2.36. The van der Waals surface area contributed by atoms with Crippen LogP contribution in [0.1, 0.15) is 31.7 Å². The van der Waals surface area contributed by atoms with E-state index in [1.807, 2.05) is 31.2 Å². The van der Waals surface area contributed by atoms with Crippen LogP contribution in [0.5, 0.6) is 0 Å². The fraction of sp³-hybridized carbons (Fsp3) is 0.533. The molecule has 0 unspecified atom stereocenters. The van der Waals surface area contributed by atoms with Crippen molar-refractivity contribution in [2.45, 2.75) is 38.4 Å². The summed E-state index contributed by atoms with van der Waals surface area (Å²) in [7, 11) is 0. The number of rotatable bonds is 6. The van der Waals surface area contributed by atoms with Crippen LogP contribution in [0.3, 0.4) is 0 Å². The summed E-state index contributed by atoms with van der Waals surface area (Å²) in [5, 5.41) is 15.4. The van der Waals surface area contributed by atoms with Gasteiger partial charge in [-0.25, -0.2) is 4.79 Å². The van der Waals surface area contributed by atoms with Gasteiger partial charge in [-0.3, -0.25) is 0 Å². The highest BCUT2D eigenvalue weighted by molar-refractivity contribution is 5.89. The second-order valence-corrected chi connectivity index (χ2v) is 5.22. The van der Waals surface area contributed by atoms with Gasteiger partial charge in [0.15, 0.2) is 0 Å². The van der Waals surface area contributed by atoms with Crippen LogP contribution in [0.15, 0.2) is 24.3 Å². The predicted octanol–water partition coefficient (Wildman–Crippen LogP) is 2.26. The molecule has 110 valence electrons. The molecule has 0 atom stereocenters. The van der Waals surface area contributed by atoms with Gasteiger partial charge in [0.1, 0.15) is 0 Å². The first-order valence-electron chi connectivity index (χ1n) is 7.05. The average molecular weight is 278 g/mol. The van der Waals surface area contributed by atoms with Crippen molar-refractivity contribution >= 4 is 11.7 Å². The fourth-order valence-electron chi connectivity index (χ4n) is 2.14. The van der Waals surface area contributed by atoms with E-state index in [4.69, 9.17) is 4.74 Å². The molecule has 2 amide bonds. The zero-order valence-electron chi connectivity index (χ0n) is 11.8. The van der Waals surface area contributed by atoms with Crippen molar-refractivity contribution in [3.8, 4) is 0 Å². The number of ether oxygens (including phenoxy) is 1. The molecule has 1 aliphatic carbocycles. The molecule has 0 bridgehead atoms. The minimum atomic E-state index is -0.700. The van der Waals surface area contributed by atoms with Gasteiger partial charge in [0.2, 0.25) is 0 Å². The average Bonchev–Trinajstić information content (AvgIpc) is 2.41. The first-order valence-corrected chi connectivity index (χ1v) is 7.05. The third-order valence-corrected chi connectivity index (χ3v) is 3.52. The fourth-order valence-corrected chi connectivity index (χ4v) is 2.14. The van der Waals surface area contributed by atoms with Crippen molar-refractivity contribution in [2.75, 3.05) is 18.5 Å². The standard InChI is InChI=1S/C15H22N2O3/c1-2-20-10-12-5-3-6-13(9-12)17-14(18)16-11-15(19)7-4-8-15/h3,5-6,9,19H,2,4,7-8,10-11H2,1H3,(H2,16,17,18). The molecule has 20 heavy (non-hydrogen) atoms. The van der Waals surface area contributed by atoms with Gasteiger partial charge in [0.05, 0.1) is 12.2 Å². The first-order chi connectivity index (χ1) is 9.61. The predicted molar refractivity (Wildman–Crippen MR) is 77.6 cm³/mol. The van der Waals surface area contributed by atoms with E-state index >= 15 is 0 Å². The van der Waals surface area contributed by atoms with Crippen molar-refractivity contribution in [2.24, 2.45) is 0 Å². The normalized spacial score (nSPS) is 16.3. The van der Waals surface area contributed by atoms with Crippen LogP contribution in [0.4, 0.5) is 10.5 Å². The molecule has 0 radical (unpaired) electrons. The summed E-state index contributed by atoms with van der Waals surface area (Å²) >= 11 is 0. The van der Waals surface area contributed by atoms with Crippen LogP contribution in [0, 0.1) is 0 Å². The molecule has 1 fully saturated rings. The van der Waals surface area contributed by atoms with E-state index in [0.717, 1.165) is 30.5 Å². The van der Waals surface area contributed by atoms with Crippen LogP contribution in [-0.2, 0) is 11.3 Å². The number of hydrogen-bond donors (Lipinski definition) is 3. The van der Waals surface area contributed by atoms with Crippen LogP contribution in [-0.4, -0.2) is 29.9 Å². The maximum absolute atomic E-state index is 11.8. The van der Waals surface area contributed by atoms with E-state index in [9.17, 15) is 9.90 Å². The van der Waals surface area contributed by atoms with Crippen molar-refractivity contribution in [3.63, 3.8) is 0 Å². The smallest absolute Gasteiger partial charge is 0.319 e. The minimum Gasteiger partial charge on any atom is -0.388 e. The Morgan fingerprint density at radius 2 is 2.25 bits per heavy atom. The Bertz CT molecular complexity index is 458. The van der Waals surface area contributed by atoms with Crippen molar-refractivity contribution in [3.05, 3.63) is 29.8 Å². The van der Waals surface area contributed by atoms with E-state index in [-0.39, 0.29) is 6.03 Å². The minimum absolute atomic E-state index is 0.293. The lowest BCUT2D eigenvalue weighted by atomic mass is 9.80. The summed E-state index contributed by atoms with van der Waals surface area (Å²) in [5.74, 6) is 0. The Morgan fingerprint density at radius 3 is 2.90 bits per heavy atom. The highest BCUT2D eigenvalue weighted by atomic mass is 16.5. The van der Waals surface area contributed by atoms with Gasteiger partial charge in [-0.15, -0.1) is 0 Å². The lowest BCUT2D eigenvalue weighted by Crippen LogP contribution is -2.48. The molecular weight excluding hydrogens is 256 g/mol. The third-order valence-electron chi connectivity index (χ3n) is 3.52. The summed E-state index contributed by atoms with van der Waals surface area (Å²) in [4.78, 5) is 11.8. The zero-order chi connectivity index (χ0) is 14.4. The number of anilines is 1. The van der Waals surface area contributed by atoms with E-state index in [1.54, 1.807) is 0 Å². The Labute approximate surface area is 119 Å². The molecule has 0 aliphatic heterocycles. The van der Waals surface area contributed by atoms with Crippen molar-refractivity contribution in [1.29, 1.82) is 0 Å². The quantitative estimate of drug-likeness (QED) is 0.747. The molecule has 1 saturated carbocycles. The van der Waals surface area contributed by atoms with Gasteiger partial charge in [-0.05, 0) is 43.9 Å². The Morgan fingerprint density at radius 1 is 1.45 bits per heavy atom. The monoisotopic (exact) mass is 278 g/mol. The Balaban J connectivity index is 1.81. The number of urea groups is 1. The Hall–Kier alpha value is -1.59. The van der Waals surface area contributed by atoms with E-state index in [2.05, 4.69) is 10.6 Å². The van der Waals surface area contributed by atoms with E-state index in [1.165, 1.54) is 0 Å². The summed E-state index contributed by atoms with van der Waals surface area (Å²) in [6, 6.07) is 7.25. The largest absolute Gasteiger partial charge is 0.388 e. The van der Waals surface area contributed by atoms with Crippen molar-refractivity contribution < 1.29 is 14.6 Å². The molecule has 5 nitrogen and oxygen atoms in total. The maximum atomic E-state index is 11.8. The first kappa shape index (κ1) is 14.8. The van der Waals surface area contributed by atoms with Gasteiger partial charge in [-0.1, -0.05) is 12.1 Å². The molecule has 1 aliphatic rings. The SMILES string of the molecule is CCOCc1cccc(NC(=O)NCC2(O)CCC2)c1. The summed E-state index contributed by atoms with van der Waals surface area (Å²) in [5.41, 5.74) is 1.04. The summed E-state index contributed by atoms with van der Waals surface area (Å²) < 4.78 is 5.33. The molecule has 0 spiro atoms. The lowest BCUT2D eigenvalue weighted by molar-refractivity contribution is -0.0287. The number of nitrogens with one attached hydrogen (secondary N) is 2. The number of aliphatic hydroxyl groups is 1. The number of hydrogen-bond acceptors (Lipinski definition) is 3. The van der Waals surface area contributed by atoms with Gasteiger partial charge >= 0.3 is 6.03 Å². The van der Waals surface area contributed by atoms with E-state index < -0.39 is 5.60 Å². The molecule has 0 aromatic heterocycles. The summed E-state index contributed by atoms with van der Waals surface area (Å²) in [6.07, 6.45) is 2.55. The van der Waals surface area contributed by atoms with Gasteiger partial charge < -0.3 is 20.5 Å². The van der Waals surface area contributed by atoms with Gasteiger partial charge in [0.25, 0.3) is 0 Å². The molecule has 0 saturated heterocycles. The molecule has 3 N–H and O–H groups in total.